The highest BCUT2D eigenvalue weighted by Gasteiger charge is 2.51. The SMILES string of the molecule is C[NH+]1CCC[NH+](CC2=CC[C@@H]3C[C@H]2C3(C)C)CC1. The molecule has 2 unspecified atom stereocenters. The van der Waals surface area contributed by atoms with Crippen LogP contribution in [-0.2, 0) is 0 Å². The van der Waals surface area contributed by atoms with Crippen LogP contribution in [0.4, 0.5) is 0 Å². The van der Waals surface area contributed by atoms with Crippen molar-refractivity contribution >= 4 is 0 Å². The molecule has 2 heteroatoms. The standard InChI is InChI=1S/C16H28N2/c1-16(2)14-6-5-13(15(16)11-14)12-18-8-4-7-17(3)9-10-18/h5,14-15H,4,6-12H2,1-3H3/p+2/t14-,15-/m1/s1. The van der Waals surface area contributed by atoms with Gasteiger partial charge < -0.3 is 9.80 Å². The molecule has 18 heavy (non-hydrogen) atoms. The third kappa shape index (κ3) is 2.14. The van der Waals surface area contributed by atoms with E-state index in [4.69, 9.17) is 0 Å². The van der Waals surface area contributed by atoms with Gasteiger partial charge in [-0.1, -0.05) is 19.9 Å². The normalized spacial score (nSPS) is 42.7. The van der Waals surface area contributed by atoms with Crippen LogP contribution in [0.1, 0.15) is 33.1 Å². The minimum Gasteiger partial charge on any atom is -0.333 e. The molecule has 1 aliphatic heterocycles. The quantitative estimate of drug-likeness (QED) is 0.627. The summed E-state index contributed by atoms with van der Waals surface area (Å²) in [6, 6.07) is 0. The van der Waals surface area contributed by atoms with Gasteiger partial charge in [-0.05, 0) is 35.7 Å². The molecule has 2 N–H and O–H groups in total. The van der Waals surface area contributed by atoms with E-state index in [1.807, 2.05) is 4.90 Å². The van der Waals surface area contributed by atoms with Crippen molar-refractivity contribution in [2.45, 2.75) is 33.1 Å². The van der Waals surface area contributed by atoms with E-state index >= 15 is 0 Å². The van der Waals surface area contributed by atoms with Crippen LogP contribution in [0.3, 0.4) is 0 Å². The Labute approximate surface area is 112 Å². The van der Waals surface area contributed by atoms with Gasteiger partial charge in [0, 0.05) is 6.42 Å². The first-order chi connectivity index (χ1) is 8.57. The molecule has 4 rings (SSSR count). The predicted octanol–water partition coefficient (Wildman–Crippen LogP) is -0.218. The Morgan fingerprint density at radius 3 is 2.78 bits per heavy atom. The van der Waals surface area contributed by atoms with Crippen LogP contribution in [0, 0.1) is 17.3 Å². The Morgan fingerprint density at radius 1 is 1.22 bits per heavy atom. The molecule has 4 atom stereocenters. The van der Waals surface area contributed by atoms with Crippen LogP contribution < -0.4 is 9.80 Å². The summed E-state index contributed by atoms with van der Waals surface area (Å²) in [6.45, 7) is 11.8. The number of hydrogen-bond acceptors (Lipinski definition) is 0. The van der Waals surface area contributed by atoms with Crippen molar-refractivity contribution in [2.24, 2.45) is 17.3 Å². The van der Waals surface area contributed by atoms with Gasteiger partial charge in [0.05, 0.1) is 26.7 Å². The predicted molar refractivity (Wildman–Crippen MR) is 74.9 cm³/mol. The lowest BCUT2D eigenvalue weighted by molar-refractivity contribution is -0.927. The number of fused-ring (bicyclic) bond motifs is 1. The molecule has 1 heterocycles. The molecule has 1 saturated carbocycles. The maximum atomic E-state index is 2.60. The van der Waals surface area contributed by atoms with E-state index in [0.29, 0.717) is 5.41 Å². The Balaban J connectivity index is 1.61. The maximum absolute atomic E-state index is 2.60. The highest BCUT2D eigenvalue weighted by atomic mass is 15.2. The Hall–Kier alpha value is -0.340. The van der Waals surface area contributed by atoms with E-state index in [1.54, 1.807) is 10.5 Å². The van der Waals surface area contributed by atoms with Crippen LogP contribution in [0.5, 0.6) is 0 Å². The van der Waals surface area contributed by atoms with Crippen LogP contribution in [0.2, 0.25) is 0 Å². The molecule has 3 aliphatic carbocycles. The van der Waals surface area contributed by atoms with Crippen molar-refractivity contribution in [2.75, 3.05) is 39.8 Å². The molecule has 2 fully saturated rings. The summed E-state index contributed by atoms with van der Waals surface area (Å²) in [5.41, 5.74) is 2.41. The van der Waals surface area contributed by atoms with Gasteiger partial charge in [0.15, 0.2) is 0 Å². The Bertz CT molecular complexity index is 345. The van der Waals surface area contributed by atoms with Gasteiger partial charge >= 0.3 is 0 Å². The number of allylic oxidation sites excluding steroid dienone is 1. The largest absolute Gasteiger partial charge is 0.333 e. The summed E-state index contributed by atoms with van der Waals surface area (Å²) in [5, 5.41) is 0. The number of likely N-dealkylation sites (N-methyl/N-ethyl adjacent to an activating group) is 1. The van der Waals surface area contributed by atoms with Gasteiger partial charge in [0.25, 0.3) is 0 Å². The van der Waals surface area contributed by atoms with Crippen molar-refractivity contribution in [1.82, 2.24) is 0 Å². The molecule has 0 aromatic carbocycles. The smallest absolute Gasteiger partial charge is 0.127 e. The first-order valence-electron chi connectivity index (χ1n) is 7.91. The zero-order valence-electron chi connectivity index (χ0n) is 12.4. The third-order valence-corrected chi connectivity index (χ3v) is 6.08. The molecule has 0 amide bonds. The molecule has 2 nitrogen and oxygen atoms in total. The van der Waals surface area contributed by atoms with E-state index in [0.717, 1.165) is 11.8 Å². The lowest BCUT2D eigenvalue weighted by Gasteiger charge is -2.56. The number of nitrogens with one attached hydrogen (secondary N) is 2. The Kier molecular flexibility index (Phi) is 3.27. The first-order valence-corrected chi connectivity index (χ1v) is 7.91. The van der Waals surface area contributed by atoms with Gasteiger partial charge in [-0.25, -0.2) is 0 Å². The topological polar surface area (TPSA) is 8.88 Å². The molecule has 4 aliphatic rings. The van der Waals surface area contributed by atoms with Gasteiger partial charge in [-0.15, -0.1) is 0 Å². The highest BCUT2D eigenvalue weighted by Crippen LogP contribution is 2.58. The van der Waals surface area contributed by atoms with Crippen LogP contribution in [-0.4, -0.2) is 39.8 Å². The molecule has 2 bridgehead atoms. The summed E-state index contributed by atoms with van der Waals surface area (Å²) < 4.78 is 0. The van der Waals surface area contributed by atoms with Crippen molar-refractivity contribution in [3.8, 4) is 0 Å². The fraction of sp³-hybridized carbons (Fsp3) is 0.875. The zero-order valence-corrected chi connectivity index (χ0v) is 12.4. The van der Waals surface area contributed by atoms with Crippen molar-refractivity contribution in [3.63, 3.8) is 0 Å². The molecule has 0 spiro atoms. The van der Waals surface area contributed by atoms with E-state index < -0.39 is 0 Å². The second kappa shape index (κ2) is 4.64. The second-order valence-corrected chi connectivity index (χ2v) is 7.56. The average molecular weight is 250 g/mol. The highest BCUT2D eigenvalue weighted by molar-refractivity contribution is 5.23. The first kappa shape index (κ1) is 12.7. The number of quaternary nitrogens is 2. The monoisotopic (exact) mass is 250 g/mol. The number of hydrogen-bond donors (Lipinski definition) is 2. The lowest BCUT2D eigenvalue weighted by atomic mass is 9.49. The molecule has 0 aromatic rings. The minimum absolute atomic E-state index is 0.609. The van der Waals surface area contributed by atoms with E-state index in [1.165, 1.54) is 52.0 Å². The summed E-state index contributed by atoms with van der Waals surface area (Å²) in [7, 11) is 2.35. The van der Waals surface area contributed by atoms with Crippen molar-refractivity contribution in [3.05, 3.63) is 11.6 Å². The van der Waals surface area contributed by atoms with E-state index in [-0.39, 0.29) is 0 Å². The minimum atomic E-state index is 0.609. The second-order valence-electron chi connectivity index (χ2n) is 7.56. The van der Waals surface area contributed by atoms with Crippen molar-refractivity contribution in [1.29, 1.82) is 0 Å². The van der Waals surface area contributed by atoms with Crippen LogP contribution in [0.25, 0.3) is 0 Å². The van der Waals surface area contributed by atoms with E-state index in [2.05, 4.69) is 27.0 Å². The van der Waals surface area contributed by atoms with Gasteiger partial charge in [-0.3, -0.25) is 0 Å². The number of rotatable bonds is 2. The summed E-state index contributed by atoms with van der Waals surface area (Å²) >= 11 is 0. The third-order valence-electron chi connectivity index (χ3n) is 6.08. The van der Waals surface area contributed by atoms with Gasteiger partial charge in [0.2, 0.25) is 0 Å². The van der Waals surface area contributed by atoms with Gasteiger partial charge in [0.1, 0.15) is 13.1 Å². The molecular formula is C16H30N2+2. The summed E-state index contributed by atoms with van der Waals surface area (Å²) in [6.07, 6.45) is 6.85. The van der Waals surface area contributed by atoms with Crippen LogP contribution >= 0.6 is 0 Å². The molecular weight excluding hydrogens is 220 g/mol. The molecule has 1 saturated heterocycles. The maximum Gasteiger partial charge on any atom is 0.127 e. The zero-order chi connectivity index (χ0) is 12.8. The summed E-state index contributed by atoms with van der Waals surface area (Å²) in [5.74, 6) is 1.90. The van der Waals surface area contributed by atoms with E-state index in [9.17, 15) is 0 Å². The Morgan fingerprint density at radius 2 is 2.06 bits per heavy atom. The van der Waals surface area contributed by atoms with Crippen LogP contribution in [0.15, 0.2) is 11.6 Å². The molecule has 0 radical (unpaired) electrons. The molecule has 0 aromatic heterocycles. The average Bonchev–Trinajstić information content (AvgIpc) is 2.54. The summed E-state index contributed by atoms with van der Waals surface area (Å²) in [4.78, 5) is 3.57. The molecule has 102 valence electrons. The van der Waals surface area contributed by atoms with Crippen molar-refractivity contribution < 1.29 is 9.80 Å². The van der Waals surface area contributed by atoms with Gasteiger partial charge in [-0.2, -0.15) is 0 Å². The fourth-order valence-electron chi connectivity index (χ4n) is 4.42. The fourth-order valence-corrected chi connectivity index (χ4v) is 4.42. The lowest BCUT2D eigenvalue weighted by Crippen LogP contribution is -3.16.